The Morgan fingerprint density at radius 2 is 1.90 bits per heavy atom. The summed E-state index contributed by atoms with van der Waals surface area (Å²) in [6.45, 7) is 0. The first-order chi connectivity index (χ1) is 9.74. The van der Waals surface area contributed by atoms with E-state index in [0.717, 1.165) is 5.56 Å². The average Bonchev–Trinajstić information content (AvgIpc) is 2.53. The number of carbonyl (C=O) groups is 1. The predicted octanol–water partition coefficient (Wildman–Crippen LogP) is 1.84. The maximum Gasteiger partial charge on any atom is 0.333 e. The molecule has 1 unspecified atom stereocenters. The van der Waals surface area contributed by atoms with Gasteiger partial charge in [-0.3, -0.25) is 4.98 Å². The number of benzene rings is 1. The monoisotopic (exact) mass is 272 g/mol. The molecular weight excluding hydrogens is 256 g/mol. The van der Waals surface area contributed by atoms with Crippen molar-refractivity contribution in [1.29, 1.82) is 0 Å². The Bertz CT molecular complexity index is 574. The third-order valence-electron chi connectivity index (χ3n) is 2.75. The standard InChI is InChI=1S/C14H16N4O2/c1-15-11-8-16-9-12(17-11)18-13(14(19)20-2)10-6-4-3-5-7-10/h3-9,13H,1-2H3,(H2,15,17,18). The van der Waals surface area contributed by atoms with E-state index in [1.807, 2.05) is 30.3 Å². The highest BCUT2D eigenvalue weighted by atomic mass is 16.5. The minimum atomic E-state index is -0.623. The van der Waals surface area contributed by atoms with Gasteiger partial charge in [0.25, 0.3) is 0 Å². The number of aromatic nitrogens is 2. The lowest BCUT2D eigenvalue weighted by Crippen LogP contribution is -2.23. The van der Waals surface area contributed by atoms with Gasteiger partial charge in [-0.2, -0.15) is 0 Å². The highest BCUT2D eigenvalue weighted by Crippen LogP contribution is 2.19. The lowest BCUT2D eigenvalue weighted by molar-refractivity contribution is -0.141. The molecule has 1 aromatic carbocycles. The fourth-order valence-electron chi connectivity index (χ4n) is 1.75. The lowest BCUT2D eigenvalue weighted by atomic mass is 10.1. The van der Waals surface area contributed by atoms with Gasteiger partial charge in [-0.1, -0.05) is 30.3 Å². The topological polar surface area (TPSA) is 76.1 Å². The number of anilines is 2. The normalized spacial score (nSPS) is 11.5. The number of nitrogens with one attached hydrogen (secondary N) is 2. The summed E-state index contributed by atoms with van der Waals surface area (Å²) in [4.78, 5) is 20.3. The zero-order chi connectivity index (χ0) is 14.4. The van der Waals surface area contributed by atoms with Gasteiger partial charge in [0.05, 0.1) is 19.5 Å². The summed E-state index contributed by atoms with van der Waals surface area (Å²) in [5.41, 5.74) is 0.802. The summed E-state index contributed by atoms with van der Waals surface area (Å²) in [5.74, 6) is 0.732. The molecule has 20 heavy (non-hydrogen) atoms. The first-order valence-electron chi connectivity index (χ1n) is 6.13. The number of ether oxygens (including phenoxy) is 1. The molecule has 1 aromatic heterocycles. The van der Waals surface area contributed by atoms with Crippen LogP contribution in [0.15, 0.2) is 42.7 Å². The lowest BCUT2D eigenvalue weighted by Gasteiger charge is -2.17. The van der Waals surface area contributed by atoms with Crippen molar-refractivity contribution in [2.45, 2.75) is 6.04 Å². The second-order valence-electron chi connectivity index (χ2n) is 4.05. The van der Waals surface area contributed by atoms with Crippen LogP contribution in [0.4, 0.5) is 11.6 Å². The van der Waals surface area contributed by atoms with Gasteiger partial charge in [0, 0.05) is 7.05 Å². The number of nitrogens with zero attached hydrogens (tertiary/aromatic N) is 2. The minimum Gasteiger partial charge on any atom is -0.467 e. The molecule has 1 atom stereocenters. The van der Waals surface area contributed by atoms with Crippen LogP contribution >= 0.6 is 0 Å². The molecule has 0 radical (unpaired) electrons. The molecule has 0 saturated heterocycles. The highest BCUT2D eigenvalue weighted by molar-refractivity contribution is 5.80. The van der Waals surface area contributed by atoms with Crippen LogP contribution in [-0.4, -0.2) is 30.1 Å². The fourth-order valence-corrected chi connectivity index (χ4v) is 1.75. The number of hydrogen-bond acceptors (Lipinski definition) is 6. The van der Waals surface area contributed by atoms with Crippen LogP contribution in [-0.2, 0) is 9.53 Å². The molecule has 1 heterocycles. The van der Waals surface area contributed by atoms with E-state index in [1.165, 1.54) is 7.11 Å². The maximum atomic E-state index is 11.9. The molecule has 0 aliphatic rings. The second kappa shape index (κ2) is 6.51. The largest absolute Gasteiger partial charge is 0.467 e. The van der Waals surface area contributed by atoms with Gasteiger partial charge in [0.2, 0.25) is 0 Å². The Hall–Kier alpha value is -2.63. The van der Waals surface area contributed by atoms with Crippen molar-refractivity contribution in [2.24, 2.45) is 0 Å². The molecule has 0 bridgehead atoms. The zero-order valence-electron chi connectivity index (χ0n) is 11.3. The van der Waals surface area contributed by atoms with Gasteiger partial charge in [-0.05, 0) is 5.56 Å². The highest BCUT2D eigenvalue weighted by Gasteiger charge is 2.21. The molecule has 2 aromatic rings. The molecule has 0 fully saturated rings. The van der Waals surface area contributed by atoms with E-state index in [4.69, 9.17) is 4.74 Å². The van der Waals surface area contributed by atoms with E-state index in [-0.39, 0.29) is 5.97 Å². The molecule has 0 aliphatic carbocycles. The summed E-state index contributed by atoms with van der Waals surface area (Å²) in [6, 6.07) is 8.70. The molecule has 0 spiro atoms. The van der Waals surface area contributed by atoms with Gasteiger partial charge in [-0.25, -0.2) is 9.78 Å². The molecule has 6 heteroatoms. The van der Waals surface area contributed by atoms with Crippen LogP contribution in [0.2, 0.25) is 0 Å². The van der Waals surface area contributed by atoms with Gasteiger partial charge < -0.3 is 15.4 Å². The summed E-state index contributed by atoms with van der Waals surface area (Å²) in [6.07, 6.45) is 3.15. The molecule has 6 nitrogen and oxygen atoms in total. The SMILES string of the molecule is CNc1cncc(NC(C(=O)OC)c2ccccc2)n1. The van der Waals surface area contributed by atoms with Crippen LogP contribution in [0, 0.1) is 0 Å². The summed E-state index contributed by atoms with van der Waals surface area (Å²) in [5, 5.41) is 5.93. The quantitative estimate of drug-likeness (QED) is 0.809. The minimum absolute atomic E-state index is 0.382. The van der Waals surface area contributed by atoms with Crippen LogP contribution < -0.4 is 10.6 Å². The maximum absolute atomic E-state index is 11.9. The van der Waals surface area contributed by atoms with Crippen molar-refractivity contribution in [1.82, 2.24) is 9.97 Å². The molecular formula is C14H16N4O2. The first kappa shape index (κ1) is 13.8. The molecule has 104 valence electrons. The Kier molecular flexibility index (Phi) is 4.49. The van der Waals surface area contributed by atoms with Crippen LogP contribution in [0.1, 0.15) is 11.6 Å². The predicted molar refractivity (Wildman–Crippen MR) is 76.4 cm³/mol. The molecule has 0 amide bonds. The van der Waals surface area contributed by atoms with Crippen molar-refractivity contribution in [3.05, 3.63) is 48.3 Å². The van der Waals surface area contributed by atoms with Crippen LogP contribution in [0.5, 0.6) is 0 Å². The Morgan fingerprint density at radius 1 is 1.20 bits per heavy atom. The Balaban J connectivity index is 2.26. The summed E-state index contributed by atoms with van der Waals surface area (Å²) < 4.78 is 4.83. The molecule has 2 N–H and O–H groups in total. The number of esters is 1. The van der Waals surface area contributed by atoms with E-state index < -0.39 is 6.04 Å². The zero-order valence-corrected chi connectivity index (χ0v) is 11.3. The smallest absolute Gasteiger partial charge is 0.333 e. The van der Waals surface area contributed by atoms with E-state index >= 15 is 0 Å². The van der Waals surface area contributed by atoms with E-state index in [0.29, 0.717) is 11.6 Å². The van der Waals surface area contributed by atoms with Crippen molar-refractivity contribution in [3.8, 4) is 0 Å². The average molecular weight is 272 g/mol. The third-order valence-corrected chi connectivity index (χ3v) is 2.75. The van der Waals surface area contributed by atoms with Crippen molar-refractivity contribution in [2.75, 3.05) is 24.8 Å². The second-order valence-corrected chi connectivity index (χ2v) is 4.05. The number of methoxy groups -OCH3 is 1. The van der Waals surface area contributed by atoms with E-state index in [9.17, 15) is 4.79 Å². The first-order valence-corrected chi connectivity index (χ1v) is 6.13. The van der Waals surface area contributed by atoms with Crippen LogP contribution in [0.3, 0.4) is 0 Å². The summed E-state index contributed by atoms with van der Waals surface area (Å²) >= 11 is 0. The van der Waals surface area contributed by atoms with E-state index in [2.05, 4.69) is 20.6 Å². The van der Waals surface area contributed by atoms with Crippen molar-refractivity contribution >= 4 is 17.6 Å². The number of rotatable bonds is 5. The van der Waals surface area contributed by atoms with E-state index in [1.54, 1.807) is 19.4 Å². The van der Waals surface area contributed by atoms with Gasteiger partial charge >= 0.3 is 5.97 Å². The molecule has 0 aliphatic heterocycles. The van der Waals surface area contributed by atoms with Crippen molar-refractivity contribution < 1.29 is 9.53 Å². The fraction of sp³-hybridized carbons (Fsp3) is 0.214. The number of hydrogen-bond donors (Lipinski definition) is 2. The van der Waals surface area contributed by atoms with Crippen molar-refractivity contribution in [3.63, 3.8) is 0 Å². The Labute approximate surface area is 117 Å². The third kappa shape index (κ3) is 3.23. The number of carbonyl (C=O) groups excluding carboxylic acids is 1. The van der Waals surface area contributed by atoms with Gasteiger partial charge in [0.1, 0.15) is 11.6 Å². The van der Waals surface area contributed by atoms with Gasteiger partial charge in [-0.15, -0.1) is 0 Å². The van der Waals surface area contributed by atoms with Crippen LogP contribution in [0.25, 0.3) is 0 Å². The van der Waals surface area contributed by atoms with Gasteiger partial charge in [0.15, 0.2) is 6.04 Å². The molecule has 0 saturated carbocycles. The molecule has 2 rings (SSSR count). The summed E-state index contributed by atoms with van der Waals surface area (Å²) in [7, 11) is 3.11. The Morgan fingerprint density at radius 3 is 2.55 bits per heavy atom.